The molecular formula is C24H38O3. The SMILES string of the molecule is CC.CC.CC(C)C.COc1ccc(/C=C/c2cc(O)cc(OC)c2)cc1. The van der Waals surface area contributed by atoms with Crippen LogP contribution in [0.2, 0.25) is 0 Å². The number of rotatable bonds is 4. The molecule has 0 aliphatic carbocycles. The Balaban J connectivity index is 0. The van der Waals surface area contributed by atoms with Crippen LogP contribution in [0.3, 0.4) is 0 Å². The molecule has 3 nitrogen and oxygen atoms in total. The molecule has 0 saturated carbocycles. The maximum Gasteiger partial charge on any atom is 0.123 e. The molecule has 0 atom stereocenters. The third kappa shape index (κ3) is 13.4. The summed E-state index contributed by atoms with van der Waals surface area (Å²) in [6, 6.07) is 12.9. The van der Waals surface area contributed by atoms with E-state index in [0.717, 1.165) is 22.8 Å². The van der Waals surface area contributed by atoms with Crippen LogP contribution in [0.25, 0.3) is 12.2 Å². The van der Waals surface area contributed by atoms with Crippen molar-refractivity contribution < 1.29 is 14.6 Å². The quantitative estimate of drug-likeness (QED) is 0.571. The standard InChI is InChI=1S/C16H16O3.C4H10.2C2H6/c1-18-15-7-5-12(6-8-15)3-4-13-9-14(17)11-16(10-13)19-2;1-4(2)3;2*1-2/h3-11,17H,1-2H3;4H,1-3H3;2*1-2H3/b4-3+;;;. The fourth-order valence-corrected chi connectivity index (χ4v) is 1.73. The number of benzene rings is 2. The summed E-state index contributed by atoms with van der Waals surface area (Å²) < 4.78 is 10.2. The molecule has 2 aromatic carbocycles. The molecule has 0 unspecified atom stereocenters. The molecule has 0 fully saturated rings. The van der Waals surface area contributed by atoms with Crippen molar-refractivity contribution in [2.75, 3.05) is 14.2 Å². The lowest BCUT2D eigenvalue weighted by Gasteiger charge is -2.03. The first kappa shape index (κ1) is 26.8. The molecule has 1 N–H and O–H groups in total. The summed E-state index contributed by atoms with van der Waals surface area (Å²) in [5.41, 5.74) is 1.94. The summed E-state index contributed by atoms with van der Waals surface area (Å²) in [5, 5.41) is 9.56. The smallest absolute Gasteiger partial charge is 0.123 e. The maximum absolute atomic E-state index is 9.56. The van der Waals surface area contributed by atoms with Crippen molar-refractivity contribution in [3.63, 3.8) is 0 Å². The van der Waals surface area contributed by atoms with Crippen LogP contribution < -0.4 is 9.47 Å². The minimum Gasteiger partial charge on any atom is -0.508 e. The summed E-state index contributed by atoms with van der Waals surface area (Å²) in [6.07, 6.45) is 3.89. The zero-order valence-electron chi connectivity index (χ0n) is 18.5. The van der Waals surface area contributed by atoms with Gasteiger partial charge in [0.2, 0.25) is 0 Å². The Kier molecular flexibility index (Phi) is 16.9. The van der Waals surface area contributed by atoms with Crippen molar-refractivity contribution in [1.82, 2.24) is 0 Å². The predicted octanol–water partition coefficient (Wildman–Crippen LogP) is 7.29. The van der Waals surface area contributed by atoms with Gasteiger partial charge in [-0.25, -0.2) is 0 Å². The van der Waals surface area contributed by atoms with Crippen LogP contribution in [0, 0.1) is 5.92 Å². The van der Waals surface area contributed by atoms with Crippen LogP contribution in [0.15, 0.2) is 42.5 Å². The van der Waals surface area contributed by atoms with E-state index in [4.69, 9.17) is 9.47 Å². The van der Waals surface area contributed by atoms with Crippen LogP contribution in [0.1, 0.15) is 59.6 Å². The molecule has 0 aliphatic heterocycles. The Labute approximate surface area is 166 Å². The lowest BCUT2D eigenvalue weighted by molar-refractivity contribution is 0.407. The second-order valence-electron chi connectivity index (χ2n) is 5.80. The fourth-order valence-electron chi connectivity index (χ4n) is 1.73. The Morgan fingerprint density at radius 1 is 0.704 bits per heavy atom. The van der Waals surface area contributed by atoms with Gasteiger partial charge in [0, 0.05) is 6.07 Å². The van der Waals surface area contributed by atoms with E-state index in [2.05, 4.69) is 20.8 Å². The summed E-state index contributed by atoms with van der Waals surface area (Å²) >= 11 is 0. The zero-order chi connectivity index (χ0) is 21.2. The molecular weight excluding hydrogens is 336 g/mol. The van der Waals surface area contributed by atoms with Crippen molar-refractivity contribution in [3.8, 4) is 17.2 Å². The topological polar surface area (TPSA) is 38.7 Å². The average molecular weight is 375 g/mol. The van der Waals surface area contributed by atoms with Crippen molar-refractivity contribution in [3.05, 3.63) is 53.6 Å². The van der Waals surface area contributed by atoms with Crippen LogP contribution >= 0.6 is 0 Å². The van der Waals surface area contributed by atoms with Crippen molar-refractivity contribution in [1.29, 1.82) is 0 Å². The van der Waals surface area contributed by atoms with Gasteiger partial charge in [0.25, 0.3) is 0 Å². The van der Waals surface area contributed by atoms with E-state index in [1.54, 1.807) is 26.4 Å². The molecule has 0 heterocycles. The highest BCUT2D eigenvalue weighted by molar-refractivity contribution is 5.71. The van der Waals surface area contributed by atoms with Gasteiger partial charge < -0.3 is 14.6 Å². The first-order valence-corrected chi connectivity index (χ1v) is 9.64. The molecule has 27 heavy (non-hydrogen) atoms. The van der Waals surface area contributed by atoms with Gasteiger partial charge in [-0.2, -0.15) is 0 Å². The molecule has 0 aromatic heterocycles. The summed E-state index contributed by atoms with van der Waals surface area (Å²) in [4.78, 5) is 0. The van der Waals surface area contributed by atoms with Gasteiger partial charge in [0.15, 0.2) is 0 Å². The van der Waals surface area contributed by atoms with Gasteiger partial charge >= 0.3 is 0 Å². The first-order chi connectivity index (χ1) is 12.9. The van der Waals surface area contributed by atoms with Crippen LogP contribution in [-0.2, 0) is 0 Å². The molecule has 0 aliphatic rings. The van der Waals surface area contributed by atoms with Crippen molar-refractivity contribution in [2.24, 2.45) is 5.92 Å². The molecule has 3 heteroatoms. The normalized spacial score (nSPS) is 9.26. The maximum atomic E-state index is 9.56. The highest BCUT2D eigenvalue weighted by atomic mass is 16.5. The van der Waals surface area contributed by atoms with E-state index < -0.39 is 0 Å². The summed E-state index contributed by atoms with van der Waals surface area (Å²) in [7, 11) is 3.22. The molecule has 2 rings (SSSR count). The van der Waals surface area contributed by atoms with E-state index in [9.17, 15) is 5.11 Å². The third-order valence-electron chi connectivity index (χ3n) is 2.73. The van der Waals surface area contributed by atoms with Crippen LogP contribution in [0.5, 0.6) is 17.2 Å². The van der Waals surface area contributed by atoms with Gasteiger partial charge in [-0.15, -0.1) is 0 Å². The van der Waals surface area contributed by atoms with Crippen LogP contribution in [0.4, 0.5) is 0 Å². The molecule has 0 spiro atoms. The molecule has 0 amide bonds. The van der Waals surface area contributed by atoms with Gasteiger partial charge in [-0.05, 0) is 41.3 Å². The summed E-state index contributed by atoms with van der Waals surface area (Å²) in [5.74, 6) is 2.49. The molecule has 2 aromatic rings. The zero-order valence-corrected chi connectivity index (χ0v) is 18.5. The van der Waals surface area contributed by atoms with E-state index >= 15 is 0 Å². The molecule has 152 valence electrons. The Morgan fingerprint density at radius 3 is 1.59 bits per heavy atom. The Hall–Kier alpha value is -2.42. The van der Waals surface area contributed by atoms with E-state index in [-0.39, 0.29) is 5.75 Å². The fraction of sp³-hybridized carbons (Fsp3) is 0.417. The molecule has 0 bridgehead atoms. The molecule has 0 radical (unpaired) electrons. The van der Waals surface area contributed by atoms with Gasteiger partial charge in [-0.3, -0.25) is 0 Å². The lowest BCUT2D eigenvalue weighted by atomic mass is 10.1. The summed E-state index contributed by atoms with van der Waals surface area (Å²) in [6.45, 7) is 14.5. The van der Waals surface area contributed by atoms with Crippen molar-refractivity contribution in [2.45, 2.75) is 48.5 Å². The molecule has 0 saturated heterocycles. The number of hydrogen-bond donors (Lipinski definition) is 1. The van der Waals surface area contributed by atoms with E-state index in [1.807, 2.05) is 70.2 Å². The number of phenolic OH excluding ortho intramolecular Hbond substituents is 1. The number of hydrogen-bond acceptors (Lipinski definition) is 3. The van der Waals surface area contributed by atoms with E-state index in [1.165, 1.54) is 0 Å². The van der Waals surface area contributed by atoms with Gasteiger partial charge in [0.1, 0.15) is 17.2 Å². The third-order valence-corrected chi connectivity index (χ3v) is 2.73. The monoisotopic (exact) mass is 374 g/mol. The minimum absolute atomic E-state index is 0.189. The number of methoxy groups -OCH3 is 2. The van der Waals surface area contributed by atoms with Gasteiger partial charge in [0.05, 0.1) is 14.2 Å². The van der Waals surface area contributed by atoms with Crippen molar-refractivity contribution >= 4 is 12.2 Å². The Bertz CT molecular complexity index is 611. The predicted molar refractivity (Wildman–Crippen MR) is 120 cm³/mol. The second kappa shape index (κ2) is 17.0. The first-order valence-electron chi connectivity index (χ1n) is 9.64. The number of ether oxygens (including phenoxy) is 2. The number of phenols is 1. The van der Waals surface area contributed by atoms with E-state index in [0.29, 0.717) is 5.75 Å². The van der Waals surface area contributed by atoms with Gasteiger partial charge in [-0.1, -0.05) is 72.8 Å². The van der Waals surface area contributed by atoms with Crippen LogP contribution in [-0.4, -0.2) is 19.3 Å². The highest BCUT2D eigenvalue weighted by Crippen LogP contribution is 2.23. The lowest BCUT2D eigenvalue weighted by Crippen LogP contribution is -1.83. The second-order valence-corrected chi connectivity index (χ2v) is 5.80. The Morgan fingerprint density at radius 2 is 1.15 bits per heavy atom. The minimum atomic E-state index is 0.189. The average Bonchev–Trinajstić information content (AvgIpc) is 2.69. The highest BCUT2D eigenvalue weighted by Gasteiger charge is 1.97. The largest absolute Gasteiger partial charge is 0.508 e. The number of aromatic hydroxyl groups is 1.